The second-order valence-electron chi connectivity index (χ2n) is 0.283. The van der Waals surface area contributed by atoms with E-state index in [1.165, 1.54) is 0 Å². The van der Waals surface area contributed by atoms with Gasteiger partial charge in [-0.1, -0.05) is 0 Å². The van der Waals surface area contributed by atoms with Crippen LogP contribution in [0.5, 0.6) is 0 Å². The van der Waals surface area contributed by atoms with Gasteiger partial charge in [0.05, 0.1) is 0 Å². The monoisotopic (exact) mass is 498 g/mol. The quantitative estimate of drug-likeness (QED) is 0.348. The topological polar surface area (TPSA) is 57.5 Å². The molecule has 0 rings (SSSR count). The fourth-order valence-corrected chi connectivity index (χ4v) is 0. The Morgan fingerprint density at radius 2 is 1.22 bits per heavy atom. The summed E-state index contributed by atoms with van der Waals surface area (Å²) >= 11 is 0. The van der Waals surface area contributed by atoms with Crippen LogP contribution in [0.2, 0.25) is 0 Å². The summed E-state index contributed by atoms with van der Waals surface area (Å²) in [7, 11) is 0. The third-order valence-corrected chi connectivity index (χ3v) is 0. The molecule has 0 aliphatic carbocycles. The molecule has 0 heterocycles. The first-order valence-corrected chi connectivity index (χ1v) is 0.651. The van der Waals surface area contributed by atoms with Crippen molar-refractivity contribution in [2.24, 2.45) is 0 Å². The molecule has 0 fully saturated rings. The van der Waals surface area contributed by atoms with Crippen molar-refractivity contribution >= 4 is 168 Å². The van der Waals surface area contributed by atoms with E-state index in [2.05, 4.69) is 0 Å². The Balaban J connectivity index is -0.00000000450. The maximum atomic E-state index is 8.56. The van der Waals surface area contributed by atoms with Gasteiger partial charge in [-0.25, -0.2) is 4.79 Å². The zero-order valence-corrected chi connectivity index (χ0v) is 5.44. The van der Waals surface area contributed by atoms with Crippen LogP contribution in [0.15, 0.2) is 0 Å². The molecule has 0 spiro atoms. The maximum absolute atomic E-state index is 8.56. The molecule has 0 unspecified atom stereocenters. The van der Waals surface area contributed by atoms with E-state index >= 15 is 0 Å². The van der Waals surface area contributed by atoms with E-state index in [1.54, 1.807) is 0 Å². The van der Waals surface area contributed by atoms with E-state index in [1.807, 2.05) is 0 Å². The van der Waals surface area contributed by atoms with Crippen molar-refractivity contribution in [2.45, 2.75) is 0 Å². The molecule has 2 N–H and O–H groups in total. The van der Waals surface area contributed by atoms with Gasteiger partial charge in [-0.05, 0) is 0 Å². The van der Waals surface area contributed by atoms with Gasteiger partial charge in [-0.3, -0.25) is 0 Å². The summed E-state index contributed by atoms with van der Waals surface area (Å²) in [6.45, 7) is 0. The molecule has 0 aromatic heterocycles. The number of carbonyl (C=O) groups is 1. The molecule has 3 nitrogen and oxygen atoms in total. The first kappa shape index (κ1) is 36.3. The standard InChI is InChI=1S/CH2O3.Ba.Ca.Ce.Na.Sr.7H/c2-1(3)4;;;;;;;;;;;;/h(H2,2,3,4);;;;;;;;;;;;. The molecule has 0 saturated carbocycles. The Labute approximate surface area is 217 Å². The van der Waals surface area contributed by atoms with Gasteiger partial charge in [-0.2, -0.15) is 0 Å². The van der Waals surface area contributed by atoms with Crippen LogP contribution >= 0.6 is 0 Å². The van der Waals surface area contributed by atoms with E-state index in [-0.39, 0.29) is 203 Å². The van der Waals surface area contributed by atoms with E-state index in [9.17, 15) is 0 Å². The van der Waals surface area contributed by atoms with Gasteiger partial charge in [0.1, 0.15) is 0 Å². The molecule has 0 amide bonds. The fourth-order valence-electron chi connectivity index (χ4n) is 0. The Hall–Kier alpha value is 5.96. The van der Waals surface area contributed by atoms with Crippen molar-refractivity contribution in [3.63, 3.8) is 0 Å². The molecular weight excluding hydrogens is 488 g/mol. The first-order chi connectivity index (χ1) is 1.73. The minimum absolute atomic E-state index is 0. The third-order valence-electron chi connectivity index (χ3n) is 0. The molecule has 42 valence electrons. The molecule has 0 aliphatic rings. The molecule has 0 bridgehead atoms. The van der Waals surface area contributed by atoms with Crippen LogP contribution in [0, 0.1) is 41.7 Å². The molecule has 0 aliphatic heterocycles. The molecule has 9 heavy (non-hydrogen) atoms. The Kier molecular flexibility index (Phi) is 118. The SMILES string of the molecule is O=C(O)O.[BaH2].[CaH2].[Ce].[NaH].[SrH2]. The predicted octanol–water partition coefficient (Wildman–Crippen LogP) is -3.17. The van der Waals surface area contributed by atoms with Crippen molar-refractivity contribution in [3.05, 3.63) is 0 Å². The summed E-state index contributed by atoms with van der Waals surface area (Å²) in [5, 5.41) is 13.9. The second kappa shape index (κ2) is 29.2. The van der Waals surface area contributed by atoms with Crippen molar-refractivity contribution in [1.82, 2.24) is 0 Å². The fraction of sp³-hybridized carbons (Fsp3) is 0. The van der Waals surface area contributed by atoms with Crippen LogP contribution in [0.25, 0.3) is 0 Å². The molecule has 0 atom stereocenters. The predicted molar refractivity (Wildman–Crippen MR) is 43.4 cm³/mol. The average Bonchev–Trinajstić information content (AvgIpc) is 0.811. The minimum atomic E-state index is -1.83. The average molecular weight is 497 g/mol. The van der Waals surface area contributed by atoms with Gasteiger partial charge in [0.2, 0.25) is 0 Å². The van der Waals surface area contributed by atoms with Gasteiger partial charge in [0.25, 0.3) is 0 Å². The van der Waals surface area contributed by atoms with Crippen LogP contribution in [0.3, 0.4) is 0 Å². The van der Waals surface area contributed by atoms with Crippen molar-refractivity contribution in [2.75, 3.05) is 0 Å². The number of hydrogen-bond acceptors (Lipinski definition) is 1. The normalized spacial score (nSPS) is 2.67. The molecule has 8 heteroatoms. The number of rotatable bonds is 0. The van der Waals surface area contributed by atoms with Gasteiger partial charge >= 0.3 is 168 Å². The number of hydrogen-bond donors (Lipinski definition) is 2. The summed E-state index contributed by atoms with van der Waals surface area (Å²) in [5.74, 6) is 0. The number of carboxylic acid groups (broad SMARTS) is 2. The van der Waals surface area contributed by atoms with E-state index in [0.717, 1.165) is 0 Å². The summed E-state index contributed by atoms with van der Waals surface area (Å²) in [5.41, 5.74) is 0. The molecule has 0 radical (unpaired) electrons. The Morgan fingerprint density at radius 1 is 1.22 bits per heavy atom. The van der Waals surface area contributed by atoms with Gasteiger partial charge in [0, 0.05) is 41.7 Å². The zero-order chi connectivity index (χ0) is 3.58. The Morgan fingerprint density at radius 3 is 1.22 bits per heavy atom. The summed E-state index contributed by atoms with van der Waals surface area (Å²) < 4.78 is 0. The van der Waals surface area contributed by atoms with E-state index in [0.29, 0.717) is 0 Å². The summed E-state index contributed by atoms with van der Waals surface area (Å²) in [6.07, 6.45) is -1.83. The van der Waals surface area contributed by atoms with Crippen LogP contribution in [0.1, 0.15) is 0 Å². The van der Waals surface area contributed by atoms with Gasteiger partial charge in [-0.15, -0.1) is 0 Å². The third kappa shape index (κ3) is 56.2. The summed E-state index contributed by atoms with van der Waals surface area (Å²) in [6, 6.07) is 0. The molecule has 0 saturated heterocycles. The van der Waals surface area contributed by atoms with Crippen LogP contribution < -0.4 is 0 Å². The van der Waals surface area contributed by atoms with E-state index < -0.39 is 6.16 Å². The van der Waals surface area contributed by atoms with Crippen LogP contribution in [0.4, 0.5) is 4.79 Å². The summed E-state index contributed by atoms with van der Waals surface area (Å²) in [4.78, 5) is 8.56. The zero-order valence-electron chi connectivity index (χ0n) is 2.30. The van der Waals surface area contributed by atoms with Crippen LogP contribution in [-0.4, -0.2) is 178 Å². The van der Waals surface area contributed by atoms with Gasteiger partial charge in [0.15, 0.2) is 0 Å². The second-order valence-corrected chi connectivity index (χ2v) is 0.283. The van der Waals surface area contributed by atoms with Crippen molar-refractivity contribution in [3.8, 4) is 0 Å². The molecule has 0 aromatic rings. The first-order valence-electron chi connectivity index (χ1n) is 0.651. The molecule has 0 aromatic carbocycles. The van der Waals surface area contributed by atoms with Crippen molar-refractivity contribution < 1.29 is 56.8 Å². The Bertz CT molecular complexity index is 46.8. The van der Waals surface area contributed by atoms with Crippen molar-refractivity contribution in [1.29, 1.82) is 0 Å². The van der Waals surface area contributed by atoms with E-state index in [4.69, 9.17) is 15.0 Å². The molecular formula is CH9BaCaCeNaO3Sr. The van der Waals surface area contributed by atoms with Crippen LogP contribution in [-0.2, 0) is 0 Å². The van der Waals surface area contributed by atoms with Gasteiger partial charge < -0.3 is 10.2 Å².